The molecule has 1 atom stereocenters. The normalized spacial score (nSPS) is 12.4. The van der Waals surface area contributed by atoms with Gasteiger partial charge in [-0.15, -0.1) is 0 Å². The van der Waals surface area contributed by atoms with Gasteiger partial charge in [-0.2, -0.15) is 0 Å². The lowest BCUT2D eigenvalue weighted by atomic mass is 10.1. The smallest absolute Gasteiger partial charge is 0.0637 e. The molecular weight excluding hydrogens is 313 g/mol. The lowest BCUT2D eigenvalue weighted by molar-refractivity contribution is 0.545. The molecule has 1 N–H and O–H groups in total. The van der Waals surface area contributed by atoms with Crippen LogP contribution in [-0.2, 0) is 13.0 Å². The SMILES string of the molecule is CC(Cc1cccc(Cl)c1)NCc1cccc(Cl)c1Cl. The molecular formula is C16H16Cl3N. The summed E-state index contributed by atoms with van der Waals surface area (Å²) in [5.41, 5.74) is 2.23. The van der Waals surface area contributed by atoms with Gasteiger partial charge in [0.1, 0.15) is 0 Å². The quantitative estimate of drug-likeness (QED) is 0.778. The fraction of sp³-hybridized carbons (Fsp3) is 0.250. The van der Waals surface area contributed by atoms with Crippen LogP contribution in [0.25, 0.3) is 0 Å². The molecule has 2 aromatic carbocycles. The zero-order valence-electron chi connectivity index (χ0n) is 11.2. The van der Waals surface area contributed by atoms with Crippen LogP contribution in [0.2, 0.25) is 15.1 Å². The highest BCUT2D eigenvalue weighted by molar-refractivity contribution is 6.42. The van der Waals surface area contributed by atoms with Crippen LogP contribution in [0.5, 0.6) is 0 Å². The molecule has 4 heteroatoms. The Hall–Kier alpha value is -0.730. The molecule has 1 nitrogen and oxygen atoms in total. The maximum Gasteiger partial charge on any atom is 0.0637 e. The highest BCUT2D eigenvalue weighted by Crippen LogP contribution is 2.25. The molecule has 0 aliphatic rings. The molecule has 106 valence electrons. The molecule has 2 aromatic rings. The molecule has 0 aliphatic heterocycles. The predicted octanol–water partition coefficient (Wildman–Crippen LogP) is 5.37. The van der Waals surface area contributed by atoms with Crippen molar-refractivity contribution in [1.29, 1.82) is 0 Å². The van der Waals surface area contributed by atoms with Gasteiger partial charge in [-0.25, -0.2) is 0 Å². The van der Waals surface area contributed by atoms with E-state index < -0.39 is 0 Å². The molecule has 0 bridgehead atoms. The van der Waals surface area contributed by atoms with E-state index in [1.807, 2.05) is 30.3 Å². The van der Waals surface area contributed by atoms with Crippen LogP contribution in [0.1, 0.15) is 18.1 Å². The van der Waals surface area contributed by atoms with Crippen molar-refractivity contribution in [2.75, 3.05) is 0 Å². The minimum absolute atomic E-state index is 0.323. The minimum atomic E-state index is 0.323. The molecule has 0 radical (unpaired) electrons. The summed E-state index contributed by atoms with van der Waals surface area (Å²) in [6, 6.07) is 13.9. The monoisotopic (exact) mass is 327 g/mol. The van der Waals surface area contributed by atoms with E-state index in [1.165, 1.54) is 5.56 Å². The molecule has 0 amide bonds. The van der Waals surface area contributed by atoms with E-state index in [-0.39, 0.29) is 0 Å². The number of nitrogens with one attached hydrogen (secondary N) is 1. The highest BCUT2D eigenvalue weighted by Gasteiger charge is 2.07. The largest absolute Gasteiger partial charge is 0.310 e. The Balaban J connectivity index is 1.92. The van der Waals surface area contributed by atoms with Crippen molar-refractivity contribution < 1.29 is 0 Å². The Labute approximate surface area is 134 Å². The van der Waals surface area contributed by atoms with Gasteiger partial charge >= 0.3 is 0 Å². The standard InChI is InChI=1S/C16H16Cl3N/c1-11(8-12-4-2-6-14(17)9-12)20-10-13-5-3-7-15(18)16(13)19/h2-7,9,11,20H,8,10H2,1H3. The van der Waals surface area contributed by atoms with E-state index in [0.29, 0.717) is 22.6 Å². The van der Waals surface area contributed by atoms with Crippen LogP contribution in [0.4, 0.5) is 0 Å². The van der Waals surface area contributed by atoms with Gasteiger partial charge in [-0.1, -0.05) is 59.1 Å². The highest BCUT2D eigenvalue weighted by atomic mass is 35.5. The van der Waals surface area contributed by atoms with Crippen molar-refractivity contribution in [2.24, 2.45) is 0 Å². The van der Waals surface area contributed by atoms with Crippen LogP contribution in [-0.4, -0.2) is 6.04 Å². The summed E-state index contributed by atoms with van der Waals surface area (Å²) < 4.78 is 0. The second-order valence-corrected chi connectivity index (χ2v) is 6.05. The second kappa shape index (κ2) is 7.33. The average Bonchev–Trinajstić information content (AvgIpc) is 2.40. The fourth-order valence-corrected chi connectivity index (χ4v) is 2.66. The van der Waals surface area contributed by atoms with Crippen LogP contribution >= 0.6 is 34.8 Å². The molecule has 0 saturated heterocycles. The van der Waals surface area contributed by atoms with Gasteiger partial charge in [0.15, 0.2) is 0 Å². The van der Waals surface area contributed by atoms with Crippen molar-refractivity contribution in [3.05, 3.63) is 68.7 Å². The van der Waals surface area contributed by atoms with Crippen LogP contribution in [0.15, 0.2) is 42.5 Å². The van der Waals surface area contributed by atoms with Crippen LogP contribution in [0.3, 0.4) is 0 Å². The number of hydrogen-bond donors (Lipinski definition) is 1. The summed E-state index contributed by atoms with van der Waals surface area (Å²) in [7, 11) is 0. The summed E-state index contributed by atoms with van der Waals surface area (Å²) in [5, 5.41) is 5.43. The molecule has 0 aliphatic carbocycles. The van der Waals surface area contributed by atoms with Gasteiger partial charge < -0.3 is 5.32 Å². The van der Waals surface area contributed by atoms with E-state index in [2.05, 4.69) is 18.3 Å². The molecule has 0 fully saturated rings. The summed E-state index contributed by atoms with van der Waals surface area (Å²) in [6.45, 7) is 2.83. The number of hydrogen-bond acceptors (Lipinski definition) is 1. The Morgan fingerprint density at radius 3 is 2.55 bits per heavy atom. The first-order chi connectivity index (χ1) is 9.56. The number of rotatable bonds is 5. The van der Waals surface area contributed by atoms with Gasteiger partial charge in [0, 0.05) is 17.6 Å². The molecule has 0 saturated carbocycles. The number of halogens is 3. The summed E-state index contributed by atoms with van der Waals surface area (Å²) in [5.74, 6) is 0. The predicted molar refractivity (Wildman–Crippen MR) is 87.9 cm³/mol. The van der Waals surface area contributed by atoms with E-state index in [9.17, 15) is 0 Å². The van der Waals surface area contributed by atoms with Crippen LogP contribution in [0, 0.1) is 0 Å². The minimum Gasteiger partial charge on any atom is -0.310 e. The van der Waals surface area contributed by atoms with Crippen molar-refractivity contribution in [2.45, 2.75) is 25.9 Å². The van der Waals surface area contributed by atoms with Crippen molar-refractivity contribution in [1.82, 2.24) is 5.32 Å². The first-order valence-electron chi connectivity index (χ1n) is 6.47. The van der Waals surface area contributed by atoms with Crippen molar-refractivity contribution in [3.8, 4) is 0 Å². The van der Waals surface area contributed by atoms with Gasteiger partial charge in [0.05, 0.1) is 10.0 Å². The van der Waals surface area contributed by atoms with Crippen molar-refractivity contribution >= 4 is 34.8 Å². The zero-order chi connectivity index (χ0) is 14.5. The lowest BCUT2D eigenvalue weighted by Gasteiger charge is -2.15. The van der Waals surface area contributed by atoms with Gasteiger partial charge in [-0.05, 0) is 42.7 Å². The zero-order valence-corrected chi connectivity index (χ0v) is 13.4. The Morgan fingerprint density at radius 2 is 1.80 bits per heavy atom. The fourth-order valence-electron chi connectivity index (χ4n) is 2.06. The topological polar surface area (TPSA) is 12.0 Å². The Bertz CT molecular complexity index is 584. The van der Waals surface area contributed by atoms with Crippen LogP contribution < -0.4 is 5.32 Å². The molecule has 0 spiro atoms. The van der Waals surface area contributed by atoms with Gasteiger partial charge in [0.25, 0.3) is 0 Å². The van der Waals surface area contributed by atoms with E-state index in [4.69, 9.17) is 34.8 Å². The maximum atomic E-state index is 6.17. The summed E-state index contributed by atoms with van der Waals surface area (Å²) in [6.07, 6.45) is 0.915. The first kappa shape index (κ1) is 15.7. The van der Waals surface area contributed by atoms with Gasteiger partial charge in [0.2, 0.25) is 0 Å². The molecule has 0 heterocycles. The average molecular weight is 329 g/mol. The Kier molecular flexibility index (Phi) is 5.74. The summed E-state index contributed by atoms with van der Waals surface area (Å²) in [4.78, 5) is 0. The first-order valence-corrected chi connectivity index (χ1v) is 7.60. The number of benzene rings is 2. The molecule has 2 rings (SSSR count). The third kappa shape index (κ3) is 4.39. The van der Waals surface area contributed by atoms with E-state index in [1.54, 1.807) is 6.07 Å². The third-order valence-corrected chi connectivity index (χ3v) is 4.20. The van der Waals surface area contributed by atoms with Gasteiger partial charge in [-0.3, -0.25) is 0 Å². The van der Waals surface area contributed by atoms with E-state index in [0.717, 1.165) is 17.0 Å². The van der Waals surface area contributed by atoms with E-state index >= 15 is 0 Å². The Morgan fingerprint density at radius 1 is 1.05 bits per heavy atom. The molecule has 0 aromatic heterocycles. The summed E-state index contributed by atoms with van der Waals surface area (Å²) >= 11 is 18.2. The lowest BCUT2D eigenvalue weighted by Crippen LogP contribution is -2.27. The second-order valence-electron chi connectivity index (χ2n) is 4.83. The maximum absolute atomic E-state index is 6.17. The van der Waals surface area contributed by atoms with Crippen molar-refractivity contribution in [3.63, 3.8) is 0 Å². The molecule has 20 heavy (non-hydrogen) atoms. The third-order valence-electron chi connectivity index (χ3n) is 3.10. The molecule has 1 unspecified atom stereocenters.